The largest absolute Gasteiger partial charge is 0.493 e. The summed E-state index contributed by atoms with van der Waals surface area (Å²) >= 11 is 0. The van der Waals surface area contributed by atoms with Crippen molar-refractivity contribution in [3.63, 3.8) is 0 Å². The van der Waals surface area contributed by atoms with Crippen LogP contribution in [0, 0.1) is 5.92 Å². The normalized spacial score (nSPS) is 21.8. The second-order valence-electron chi connectivity index (χ2n) is 12.0. The molecule has 14 heteroatoms. The summed E-state index contributed by atoms with van der Waals surface area (Å²) in [5.74, 6) is 0.655. The summed E-state index contributed by atoms with van der Waals surface area (Å²) in [5, 5.41) is 14.1. The smallest absolute Gasteiger partial charge is 0.248 e. The maximum Gasteiger partial charge on any atom is 0.248 e. The van der Waals surface area contributed by atoms with Gasteiger partial charge < -0.3 is 34.4 Å². The molecule has 4 rings (SSSR count). The molecule has 0 bridgehead atoms. The Hall–Kier alpha value is -2.32. The number of benzene rings is 1. The molecule has 2 amide bonds. The van der Waals surface area contributed by atoms with E-state index in [2.05, 4.69) is 14.9 Å². The van der Waals surface area contributed by atoms with Crippen molar-refractivity contribution < 1.29 is 37.3 Å². The molecule has 0 radical (unpaired) electrons. The zero-order chi connectivity index (χ0) is 31.0. The van der Waals surface area contributed by atoms with E-state index in [0.717, 1.165) is 57.7 Å². The highest BCUT2D eigenvalue weighted by Gasteiger charge is 2.55. The monoisotopic (exact) mass is 660 g/mol. The fourth-order valence-corrected chi connectivity index (χ4v) is 7.21. The molecule has 1 saturated carbocycles. The molecular formula is C30H49ClN4O8S. The zero-order valence-corrected chi connectivity index (χ0v) is 27.7. The number of piperidine rings is 1. The number of ether oxygens (including phenoxy) is 3. The highest BCUT2D eigenvalue weighted by Crippen LogP contribution is 2.36. The third kappa shape index (κ3) is 8.90. The molecule has 3 fully saturated rings. The molecule has 1 aliphatic carbocycles. The lowest BCUT2D eigenvalue weighted by Crippen LogP contribution is -2.75. The molecule has 3 N–H and O–H groups in total. The van der Waals surface area contributed by atoms with Crippen LogP contribution in [0.15, 0.2) is 18.2 Å². The van der Waals surface area contributed by atoms with E-state index in [0.29, 0.717) is 62.9 Å². The van der Waals surface area contributed by atoms with E-state index >= 15 is 0 Å². The van der Waals surface area contributed by atoms with Gasteiger partial charge in [0.05, 0.1) is 38.4 Å². The van der Waals surface area contributed by atoms with Gasteiger partial charge in [0.15, 0.2) is 11.5 Å². The highest BCUT2D eigenvalue weighted by molar-refractivity contribution is 7.92. The molecule has 1 aromatic carbocycles. The van der Waals surface area contributed by atoms with E-state index in [9.17, 15) is 23.1 Å². The summed E-state index contributed by atoms with van der Waals surface area (Å²) in [7, 11) is -0.299. The van der Waals surface area contributed by atoms with Crippen molar-refractivity contribution in [3.05, 3.63) is 18.2 Å². The maximum atomic E-state index is 13.7. The fourth-order valence-electron chi connectivity index (χ4n) is 6.65. The number of halogens is 1. The SMILES string of the molecule is COCCN1C(=O)[C@@H]([C@H](O)C2CCCCC2)NC(=O)C12CCN(CCCCOc1ccc(NS(C)(=O)=O)cc1OC)CC2.Cl. The second kappa shape index (κ2) is 16.3. The van der Waals surface area contributed by atoms with Crippen molar-refractivity contribution in [2.24, 2.45) is 5.92 Å². The van der Waals surface area contributed by atoms with Gasteiger partial charge in [-0.3, -0.25) is 14.3 Å². The van der Waals surface area contributed by atoms with E-state index < -0.39 is 27.7 Å². The lowest BCUT2D eigenvalue weighted by Gasteiger charge is -2.52. The number of rotatable bonds is 14. The van der Waals surface area contributed by atoms with Gasteiger partial charge in [-0.05, 0) is 63.1 Å². The van der Waals surface area contributed by atoms with Crippen molar-refractivity contribution in [1.82, 2.24) is 15.1 Å². The first kappa shape index (κ1) is 36.2. The summed E-state index contributed by atoms with van der Waals surface area (Å²) in [5.41, 5.74) is -0.521. The topological polar surface area (TPSA) is 147 Å². The molecule has 44 heavy (non-hydrogen) atoms. The van der Waals surface area contributed by atoms with Crippen LogP contribution in [-0.2, 0) is 24.3 Å². The van der Waals surface area contributed by atoms with E-state index in [1.54, 1.807) is 30.2 Å². The summed E-state index contributed by atoms with van der Waals surface area (Å²) in [6.07, 6.45) is 7.96. The summed E-state index contributed by atoms with van der Waals surface area (Å²) in [6.45, 7) is 3.33. The number of nitrogens with zero attached hydrogens (tertiary/aromatic N) is 2. The Morgan fingerprint density at radius 2 is 1.75 bits per heavy atom. The summed E-state index contributed by atoms with van der Waals surface area (Å²) in [4.78, 5) is 31.4. The van der Waals surface area contributed by atoms with Gasteiger partial charge in [0.2, 0.25) is 21.8 Å². The van der Waals surface area contributed by atoms with Crippen LogP contribution in [0.5, 0.6) is 11.5 Å². The minimum atomic E-state index is -3.39. The Balaban J connectivity index is 0.00000529. The van der Waals surface area contributed by atoms with Gasteiger partial charge in [0.25, 0.3) is 0 Å². The highest BCUT2D eigenvalue weighted by atomic mass is 35.5. The van der Waals surface area contributed by atoms with Crippen LogP contribution in [0.2, 0.25) is 0 Å². The molecule has 3 aliphatic rings. The van der Waals surface area contributed by atoms with Gasteiger partial charge in [-0.25, -0.2) is 8.42 Å². The van der Waals surface area contributed by atoms with Gasteiger partial charge in [0.1, 0.15) is 11.6 Å². The third-order valence-corrected chi connectivity index (χ3v) is 9.63. The zero-order valence-electron chi connectivity index (χ0n) is 26.1. The van der Waals surface area contributed by atoms with E-state index in [1.165, 1.54) is 7.11 Å². The minimum Gasteiger partial charge on any atom is -0.493 e. The summed E-state index contributed by atoms with van der Waals surface area (Å²) in [6, 6.07) is 3.99. The minimum absolute atomic E-state index is 0. The number of hydrogen-bond acceptors (Lipinski definition) is 9. The predicted octanol–water partition coefficient (Wildman–Crippen LogP) is 2.40. The average molecular weight is 661 g/mol. The first-order chi connectivity index (χ1) is 20.6. The molecule has 2 atom stereocenters. The number of anilines is 1. The number of unbranched alkanes of at least 4 members (excludes halogenated alkanes) is 1. The maximum absolute atomic E-state index is 13.7. The van der Waals surface area contributed by atoms with Gasteiger partial charge in [-0.15, -0.1) is 12.4 Å². The number of piperazine rings is 1. The Morgan fingerprint density at radius 1 is 1.05 bits per heavy atom. The molecule has 2 heterocycles. The van der Waals surface area contributed by atoms with Crippen LogP contribution in [0.4, 0.5) is 5.69 Å². The number of nitrogens with one attached hydrogen (secondary N) is 2. The predicted molar refractivity (Wildman–Crippen MR) is 170 cm³/mol. The number of sulfonamides is 1. The quantitative estimate of drug-likeness (QED) is 0.256. The number of aliphatic hydroxyl groups is 1. The number of aliphatic hydroxyl groups excluding tert-OH is 1. The second-order valence-corrected chi connectivity index (χ2v) is 13.7. The lowest BCUT2D eigenvalue weighted by atomic mass is 9.78. The standard InChI is InChI=1S/C30H48N4O8S.ClH/c1-40-20-18-34-28(36)26(27(35)22-9-5-4-6-10-22)31-29(37)30(34)13-16-33(17-14-30)15-7-8-19-42-24-12-11-23(21-25(24)41-2)32-43(3,38)39;/h11-12,21-22,26-27,32,35H,4-10,13-20H2,1-3H3,(H,31,37);1H/t26-,27-;/m1./s1. The Bertz CT molecular complexity index is 1210. The molecule has 1 aromatic rings. The lowest BCUT2D eigenvalue weighted by molar-refractivity contribution is -0.166. The number of carbonyl (C=O) groups excluding carboxylic acids is 2. The molecule has 1 spiro atoms. The van der Waals surface area contributed by atoms with Crippen LogP contribution in [0.1, 0.15) is 57.8 Å². The van der Waals surface area contributed by atoms with E-state index in [4.69, 9.17) is 14.2 Å². The first-order valence-corrected chi connectivity index (χ1v) is 17.3. The number of carbonyl (C=O) groups is 2. The van der Waals surface area contributed by atoms with Gasteiger partial charge >= 0.3 is 0 Å². The van der Waals surface area contributed by atoms with E-state index in [1.807, 2.05) is 0 Å². The van der Waals surface area contributed by atoms with Crippen molar-refractivity contribution in [2.75, 3.05) is 64.6 Å². The van der Waals surface area contributed by atoms with Crippen LogP contribution < -0.4 is 19.5 Å². The average Bonchev–Trinajstić information content (AvgIpc) is 2.99. The number of methoxy groups -OCH3 is 2. The first-order valence-electron chi connectivity index (χ1n) is 15.4. The van der Waals surface area contributed by atoms with Gasteiger partial charge in [-0.2, -0.15) is 0 Å². The molecule has 2 saturated heterocycles. The Kier molecular flexibility index (Phi) is 13.4. The number of likely N-dealkylation sites (tertiary alicyclic amines) is 1. The molecule has 0 aromatic heterocycles. The number of hydrogen-bond donors (Lipinski definition) is 3. The van der Waals surface area contributed by atoms with Crippen LogP contribution >= 0.6 is 12.4 Å². The molecule has 0 unspecified atom stereocenters. The third-order valence-electron chi connectivity index (χ3n) is 9.03. The van der Waals surface area contributed by atoms with Crippen molar-refractivity contribution in [3.8, 4) is 11.5 Å². The molecular weight excluding hydrogens is 612 g/mol. The molecule has 12 nitrogen and oxygen atoms in total. The van der Waals surface area contributed by atoms with Gasteiger partial charge in [0, 0.05) is 32.8 Å². The Morgan fingerprint density at radius 3 is 2.39 bits per heavy atom. The van der Waals surface area contributed by atoms with Crippen LogP contribution in [0.25, 0.3) is 0 Å². The fraction of sp³-hybridized carbons (Fsp3) is 0.733. The van der Waals surface area contributed by atoms with Gasteiger partial charge in [-0.1, -0.05) is 19.3 Å². The Labute approximate surface area is 267 Å². The molecule has 2 aliphatic heterocycles. The van der Waals surface area contributed by atoms with Crippen molar-refractivity contribution in [2.45, 2.75) is 75.5 Å². The van der Waals surface area contributed by atoms with Crippen LogP contribution in [0.3, 0.4) is 0 Å². The summed E-state index contributed by atoms with van der Waals surface area (Å²) < 4.78 is 41.9. The van der Waals surface area contributed by atoms with Crippen molar-refractivity contribution in [1.29, 1.82) is 0 Å². The number of amides is 2. The van der Waals surface area contributed by atoms with E-state index in [-0.39, 0.29) is 30.1 Å². The van der Waals surface area contributed by atoms with Crippen molar-refractivity contribution >= 4 is 39.9 Å². The molecule has 250 valence electrons. The van der Waals surface area contributed by atoms with Crippen LogP contribution in [-0.4, -0.2) is 113 Å².